The molecule has 1 N–H and O–H groups in total. The fourth-order valence-electron chi connectivity index (χ4n) is 3.34. The zero-order valence-electron chi connectivity index (χ0n) is 15.4. The van der Waals surface area contributed by atoms with Crippen LogP contribution in [0.15, 0.2) is 71.4 Å². The Kier molecular flexibility index (Phi) is 5.39. The maximum Gasteiger partial charge on any atom is 0.256 e. The second-order valence-electron chi connectivity index (χ2n) is 6.63. The molecule has 1 aliphatic rings. The van der Waals surface area contributed by atoms with E-state index in [0.29, 0.717) is 29.9 Å². The molecule has 3 aromatic rings. The van der Waals surface area contributed by atoms with Crippen molar-refractivity contribution in [3.05, 3.63) is 82.6 Å². The lowest BCUT2D eigenvalue weighted by Gasteiger charge is -2.36. The van der Waals surface area contributed by atoms with Crippen LogP contribution in [0.5, 0.6) is 0 Å². The number of carbonyl (C=O) groups excluding carboxylic acids is 2. The number of para-hydroxylation sites is 2. The minimum absolute atomic E-state index is 0.0473. The molecule has 1 fully saturated rings. The predicted molar refractivity (Wildman–Crippen MR) is 113 cm³/mol. The SMILES string of the molecule is O=C(Nc1ccccc1C(=O)N1CCN(c2ccccc2)CC1)c1ccsc1. The van der Waals surface area contributed by atoms with Gasteiger partial charge in [-0.1, -0.05) is 30.3 Å². The van der Waals surface area contributed by atoms with Crippen LogP contribution >= 0.6 is 11.3 Å². The summed E-state index contributed by atoms with van der Waals surface area (Å²) in [5.74, 6) is -0.246. The number of benzene rings is 2. The molecule has 0 saturated carbocycles. The van der Waals surface area contributed by atoms with Crippen molar-refractivity contribution in [3.8, 4) is 0 Å². The van der Waals surface area contributed by atoms with Crippen LogP contribution in [0, 0.1) is 0 Å². The fourth-order valence-corrected chi connectivity index (χ4v) is 3.98. The van der Waals surface area contributed by atoms with Gasteiger partial charge in [-0.25, -0.2) is 0 Å². The zero-order valence-corrected chi connectivity index (χ0v) is 16.2. The van der Waals surface area contributed by atoms with Crippen LogP contribution in [-0.4, -0.2) is 42.9 Å². The highest BCUT2D eigenvalue weighted by atomic mass is 32.1. The zero-order chi connectivity index (χ0) is 19.3. The van der Waals surface area contributed by atoms with Gasteiger partial charge in [0.1, 0.15) is 0 Å². The predicted octanol–water partition coefficient (Wildman–Crippen LogP) is 3.96. The minimum atomic E-state index is -0.199. The van der Waals surface area contributed by atoms with Gasteiger partial charge >= 0.3 is 0 Å². The first-order chi connectivity index (χ1) is 13.7. The van der Waals surface area contributed by atoms with E-state index in [2.05, 4.69) is 22.3 Å². The van der Waals surface area contributed by atoms with Crippen molar-refractivity contribution < 1.29 is 9.59 Å². The number of piperazine rings is 1. The molecule has 1 aliphatic heterocycles. The molecule has 0 bridgehead atoms. The molecule has 2 heterocycles. The van der Waals surface area contributed by atoms with Crippen LogP contribution in [0.3, 0.4) is 0 Å². The van der Waals surface area contributed by atoms with Gasteiger partial charge in [0.05, 0.1) is 16.8 Å². The quantitative estimate of drug-likeness (QED) is 0.732. The van der Waals surface area contributed by atoms with Crippen LogP contribution in [-0.2, 0) is 0 Å². The molecule has 6 heteroatoms. The minimum Gasteiger partial charge on any atom is -0.368 e. The van der Waals surface area contributed by atoms with Crippen molar-refractivity contribution >= 4 is 34.5 Å². The second-order valence-corrected chi connectivity index (χ2v) is 7.41. The molecular weight excluding hydrogens is 370 g/mol. The number of amides is 2. The maximum atomic E-state index is 13.1. The Balaban J connectivity index is 1.45. The number of hydrogen-bond donors (Lipinski definition) is 1. The van der Waals surface area contributed by atoms with Gasteiger partial charge in [0, 0.05) is 37.2 Å². The molecule has 0 atom stereocenters. The third-order valence-corrected chi connectivity index (χ3v) is 5.56. The Morgan fingerprint density at radius 1 is 0.857 bits per heavy atom. The van der Waals surface area contributed by atoms with E-state index in [-0.39, 0.29) is 11.8 Å². The smallest absolute Gasteiger partial charge is 0.256 e. The maximum absolute atomic E-state index is 13.1. The van der Waals surface area contributed by atoms with Gasteiger partial charge in [-0.3, -0.25) is 9.59 Å². The molecule has 0 aliphatic carbocycles. The Morgan fingerprint density at radius 2 is 1.57 bits per heavy atom. The van der Waals surface area contributed by atoms with E-state index in [1.54, 1.807) is 23.6 Å². The van der Waals surface area contributed by atoms with Gasteiger partial charge in [0.25, 0.3) is 11.8 Å². The summed E-state index contributed by atoms with van der Waals surface area (Å²) in [4.78, 5) is 29.6. The van der Waals surface area contributed by atoms with Crippen LogP contribution in [0.4, 0.5) is 11.4 Å². The number of nitrogens with one attached hydrogen (secondary N) is 1. The average Bonchev–Trinajstić information content (AvgIpc) is 3.30. The number of hydrogen-bond acceptors (Lipinski definition) is 4. The molecule has 142 valence electrons. The molecule has 2 aromatic carbocycles. The summed E-state index contributed by atoms with van der Waals surface area (Å²) >= 11 is 1.47. The van der Waals surface area contributed by atoms with Crippen molar-refractivity contribution in [2.24, 2.45) is 0 Å². The highest BCUT2D eigenvalue weighted by Crippen LogP contribution is 2.21. The van der Waals surface area contributed by atoms with Crippen molar-refractivity contribution in [3.63, 3.8) is 0 Å². The van der Waals surface area contributed by atoms with Gasteiger partial charge in [0.2, 0.25) is 0 Å². The molecule has 0 spiro atoms. The third-order valence-electron chi connectivity index (χ3n) is 4.88. The first-order valence-corrected chi connectivity index (χ1v) is 10.2. The number of rotatable bonds is 4. The topological polar surface area (TPSA) is 52.7 Å². The summed E-state index contributed by atoms with van der Waals surface area (Å²) in [6, 6.07) is 19.2. The van der Waals surface area contributed by atoms with E-state index < -0.39 is 0 Å². The Morgan fingerprint density at radius 3 is 2.29 bits per heavy atom. The first kappa shape index (κ1) is 18.3. The lowest BCUT2D eigenvalue weighted by Crippen LogP contribution is -2.48. The van der Waals surface area contributed by atoms with Crippen molar-refractivity contribution in [2.75, 3.05) is 36.4 Å². The monoisotopic (exact) mass is 391 g/mol. The van der Waals surface area contributed by atoms with Gasteiger partial charge in [-0.15, -0.1) is 0 Å². The highest BCUT2D eigenvalue weighted by Gasteiger charge is 2.24. The van der Waals surface area contributed by atoms with E-state index >= 15 is 0 Å². The first-order valence-electron chi connectivity index (χ1n) is 9.24. The number of anilines is 2. The molecule has 5 nitrogen and oxygen atoms in total. The molecule has 28 heavy (non-hydrogen) atoms. The van der Waals surface area contributed by atoms with Gasteiger partial charge in [-0.05, 0) is 35.7 Å². The van der Waals surface area contributed by atoms with Crippen molar-refractivity contribution in [1.82, 2.24) is 4.90 Å². The largest absolute Gasteiger partial charge is 0.368 e. The van der Waals surface area contributed by atoms with Gasteiger partial charge in [-0.2, -0.15) is 11.3 Å². The number of carbonyl (C=O) groups is 2. The Labute approximate surface area is 168 Å². The highest BCUT2D eigenvalue weighted by molar-refractivity contribution is 7.08. The normalized spacial score (nSPS) is 14.0. The van der Waals surface area contributed by atoms with Crippen LogP contribution in [0.2, 0.25) is 0 Å². The molecule has 1 saturated heterocycles. The van der Waals surface area contributed by atoms with Crippen LogP contribution in [0.25, 0.3) is 0 Å². The van der Waals surface area contributed by atoms with Crippen LogP contribution < -0.4 is 10.2 Å². The molecule has 1 aromatic heterocycles. The molecule has 0 radical (unpaired) electrons. The molecule has 0 unspecified atom stereocenters. The summed E-state index contributed by atoms with van der Waals surface area (Å²) in [6.45, 7) is 2.89. The van der Waals surface area contributed by atoms with E-state index in [1.807, 2.05) is 40.6 Å². The lowest BCUT2D eigenvalue weighted by molar-refractivity contribution is 0.0748. The third kappa shape index (κ3) is 3.92. The summed E-state index contributed by atoms with van der Waals surface area (Å²) in [5.41, 5.74) is 2.86. The van der Waals surface area contributed by atoms with E-state index in [1.165, 1.54) is 17.0 Å². The Hall–Kier alpha value is -3.12. The summed E-state index contributed by atoms with van der Waals surface area (Å²) in [6.07, 6.45) is 0. The summed E-state index contributed by atoms with van der Waals surface area (Å²) < 4.78 is 0. The lowest BCUT2D eigenvalue weighted by atomic mass is 10.1. The second kappa shape index (κ2) is 8.27. The summed E-state index contributed by atoms with van der Waals surface area (Å²) in [7, 11) is 0. The van der Waals surface area contributed by atoms with Gasteiger partial charge < -0.3 is 15.1 Å². The fraction of sp³-hybridized carbons (Fsp3) is 0.182. The van der Waals surface area contributed by atoms with E-state index in [4.69, 9.17) is 0 Å². The molecule has 4 rings (SSSR count). The van der Waals surface area contributed by atoms with E-state index in [9.17, 15) is 9.59 Å². The number of nitrogens with zero attached hydrogens (tertiary/aromatic N) is 2. The summed E-state index contributed by atoms with van der Waals surface area (Å²) in [5, 5.41) is 6.53. The molecular formula is C22H21N3O2S. The van der Waals surface area contributed by atoms with Crippen LogP contribution in [0.1, 0.15) is 20.7 Å². The van der Waals surface area contributed by atoms with Crippen molar-refractivity contribution in [1.29, 1.82) is 0 Å². The standard InChI is InChI=1S/C22H21N3O2S/c26-21(17-10-15-28-16-17)23-20-9-5-4-8-19(20)22(27)25-13-11-24(12-14-25)18-6-2-1-3-7-18/h1-10,15-16H,11-14H2,(H,23,26). The number of thiophene rings is 1. The molecule has 2 amide bonds. The van der Waals surface area contributed by atoms with E-state index in [0.717, 1.165) is 13.1 Å². The average molecular weight is 391 g/mol. The Bertz CT molecular complexity index is 949. The van der Waals surface area contributed by atoms with Gasteiger partial charge in [0.15, 0.2) is 0 Å². The van der Waals surface area contributed by atoms with Crippen molar-refractivity contribution in [2.45, 2.75) is 0 Å².